The molecule has 0 bridgehead atoms. The normalized spacial score (nSPS) is 12.6. The summed E-state index contributed by atoms with van der Waals surface area (Å²) in [5.74, 6) is 0.846. The van der Waals surface area contributed by atoms with E-state index in [1.807, 2.05) is 38.1 Å². The summed E-state index contributed by atoms with van der Waals surface area (Å²) in [6.45, 7) is 4.47. The van der Waals surface area contributed by atoms with E-state index in [2.05, 4.69) is 11.1 Å². The Morgan fingerprint density at radius 1 is 1.21 bits per heavy atom. The maximum absolute atomic E-state index is 9.19. The molecule has 1 aromatic carbocycles. The molecule has 1 unspecified atom stereocenters. The van der Waals surface area contributed by atoms with Gasteiger partial charge in [-0.15, -0.1) is 0 Å². The summed E-state index contributed by atoms with van der Waals surface area (Å²) in [5, 5.41) is 10.3. The van der Waals surface area contributed by atoms with Crippen molar-refractivity contribution in [1.29, 1.82) is 0 Å². The monoisotopic (exact) mass is 259 g/mol. The number of nitrogens with zero attached hydrogens (tertiary/aromatic N) is 1. The lowest BCUT2D eigenvalue weighted by Crippen LogP contribution is -2.02. The number of hydrogen-bond acceptors (Lipinski definition) is 3. The molecule has 0 saturated carbocycles. The van der Waals surface area contributed by atoms with E-state index in [1.54, 1.807) is 0 Å². The number of aliphatic hydroxyl groups excluding tert-OH is 1. The quantitative estimate of drug-likeness (QED) is 0.808. The number of rotatable bonds is 6. The molecule has 0 aliphatic carbocycles. The molecule has 2 rings (SSSR count). The third kappa shape index (κ3) is 3.93. The smallest absolute Gasteiger partial charge is 0.145 e. The van der Waals surface area contributed by atoms with Crippen LogP contribution in [0, 0.1) is 6.92 Å². The number of ether oxygens (including phenoxy) is 1. The summed E-state index contributed by atoms with van der Waals surface area (Å²) in [6, 6.07) is 10.1. The summed E-state index contributed by atoms with van der Waals surface area (Å²) >= 11 is 0. The highest BCUT2D eigenvalue weighted by atomic mass is 16.5. The van der Waals surface area contributed by atoms with Crippen LogP contribution in [0.25, 0.3) is 10.9 Å². The van der Waals surface area contributed by atoms with E-state index in [4.69, 9.17) is 4.74 Å². The van der Waals surface area contributed by atoms with Crippen LogP contribution in [-0.4, -0.2) is 22.8 Å². The number of aryl methyl sites for hydroxylation is 1. The topological polar surface area (TPSA) is 42.4 Å². The molecule has 0 aliphatic heterocycles. The molecular weight excluding hydrogens is 238 g/mol. The second-order valence-electron chi connectivity index (χ2n) is 4.97. The molecule has 2 aromatic rings. The summed E-state index contributed by atoms with van der Waals surface area (Å²) in [4.78, 5) is 4.54. The number of aromatic nitrogens is 1. The zero-order valence-electron chi connectivity index (χ0n) is 11.6. The van der Waals surface area contributed by atoms with Gasteiger partial charge in [-0.25, -0.2) is 4.98 Å². The van der Waals surface area contributed by atoms with Crippen molar-refractivity contribution in [2.75, 3.05) is 6.61 Å². The molecule has 1 atom stereocenters. The summed E-state index contributed by atoms with van der Waals surface area (Å²) < 4.78 is 5.81. The average Bonchev–Trinajstić information content (AvgIpc) is 2.38. The van der Waals surface area contributed by atoms with E-state index >= 15 is 0 Å². The Kier molecular flexibility index (Phi) is 4.74. The van der Waals surface area contributed by atoms with Crippen molar-refractivity contribution in [2.45, 2.75) is 39.2 Å². The van der Waals surface area contributed by atoms with Crippen LogP contribution in [0.2, 0.25) is 0 Å². The molecule has 1 heterocycles. The highest BCUT2D eigenvalue weighted by Gasteiger charge is 2.04. The van der Waals surface area contributed by atoms with Crippen LogP contribution in [0.4, 0.5) is 0 Å². The van der Waals surface area contributed by atoms with Crippen LogP contribution in [0.3, 0.4) is 0 Å². The number of benzene rings is 1. The van der Waals surface area contributed by atoms with Crippen molar-refractivity contribution in [1.82, 2.24) is 4.98 Å². The van der Waals surface area contributed by atoms with Gasteiger partial charge in [0.15, 0.2) is 0 Å². The zero-order chi connectivity index (χ0) is 13.7. The van der Waals surface area contributed by atoms with Gasteiger partial charge in [0.05, 0.1) is 12.7 Å². The fourth-order valence-corrected chi connectivity index (χ4v) is 2.06. The van der Waals surface area contributed by atoms with Crippen LogP contribution >= 0.6 is 0 Å². The van der Waals surface area contributed by atoms with Gasteiger partial charge < -0.3 is 9.84 Å². The predicted molar refractivity (Wildman–Crippen MR) is 77.5 cm³/mol. The molecule has 0 spiro atoms. The first-order valence-electron chi connectivity index (χ1n) is 6.84. The number of pyridine rings is 1. The third-order valence-electron chi connectivity index (χ3n) is 3.10. The van der Waals surface area contributed by atoms with E-state index in [1.165, 1.54) is 0 Å². The van der Waals surface area contributed by atoms with Gasteiger partial charge in [0.2, 0.25) is 0 Å². The number of hydrogen-bond donors (Lipinski definition) is 1. The molecule has 1 aromatic heterocycles. The van der Waals surface area contributed by atoms with E-state index in [9.17, 15) is 5.11 Å². The first-order valence-corrected chi connectivity index (χ1v) is 6.84. The van der Waals surface area contributed by atoms with Crippen molar-refractivity contribution in [2.24, 2.45) is 0 Å². The van der Waals surface area contributed by atoms with Gasteiger partial charge in [-0.05, 0) is 45.2 Å². The van der Waals surface area contributed by atoms with Crippen LogP contribution < -0.4 is 4.74 Å². The molecule has 0 aliphatic rings. The first kappa shape index (κ1) is 13.8. The highest BCUT2D eigenvalue weighted by molar-refractivity contribution is 5.84. The lowest BCUT2D eigenvalue weighted by Gasteiger charge is -2.09. The molecular formula is C16H21NO2. The third-order valence-corrected chi connectivity index (χ3v) is 3.10. The average molecular weight is 259 g/mol. The Morgan fingerprint density at radius 2 is 2.05 bits per heavy atom. The van der Waals surface area contributed by atoms with Crippen LogP contribution in [-0.2, 0) is 0 Å². The van der Waals surface area contributed by atoms with Gasteiger partial charge >= 0.3 is 0 Å². The van der Waals surface area contributed by atoms with Crippen LogP contribution in [0.5, 0.6) is 5.75 Å². The van der Waals surface area contributed by atoms with Gasteiger partial charge in [-0.3, -0.25) is 0 Å². The largest absolute Gasteiger partial charge is 0.491 e. The van der Waals surface area contributed by atoms with Crippen LogP contribution in [0.1, 0.15) is 31.9 Å². The van der Waals surface area contributed by atoms with Crippen molar-refractivity contribution in [3.63, 3.8) is 0 Å². The molecule has 0 fully saturated rings. The van der Waals surface area contributed by atoms with E-state index < -0.39 is 0 Å². The lowest BCUT2D eigenvalue weighted by molar-refractivity contribution is 0.177. The van der Waals surface area contributed by atoms with E-state index in [0.29, 0.717) is 6.61 Å². The number of para-hydroxylation sites is 1. The summed E-state index contributed by atoms with van der Waals surface area (Å²) in [5.41, 5.74) is 1.93. The molecule has 19 heavy (non-hydrogen) atoms. The summed E-state index contributed by atoms with van der Waals surface area (Å²) in [6.07, 6.45) is 2.54. The van der Waals surface area contributed by atoms with Crippen molar-refractivity contribution in [3.8, 4) is 5.75 Å². The fourth-order valence-electron chi connectivity index (χ4n) is 2.06. The fraction of sp³-hybridized carbons (Fsp3) is 0.438. The lowest BCUT2D eigenvalue weighted by atomic mass is 10.2. The second-order valence-corrected chi connectivity index (χ2v) is 4.97. The summed E-state index contributed by atoms with van der Waals surface area (Å²) in [7, 11) is 0. The molecule has 0 radical (unpaired) electrons. The van der Waals surface area contributed by atoms with Crippen molar-refractivity contribution >= 4 is 10.9 Å². The second kappa shape index (κ2) is 6.53. The standard InChI is InChI=1S/C16H21NO2/c1-12-9-10-14-7-5-8-15(16(14)17-12)19-11-4-3-6-13(2)18/h5,7-10,13,18H,3-4,6,11H2,1-2H3. The molecule has 1 N–H and O–H groups in total. The van der Waals surface area contributed by atoms with Crippen LogP contribution in [0.15, 0.2) is 30.3 Å². The van der Waals surface area contributed by atoms with Gasteiger partial charge in [0.1, 0.15) is 11.3 Å². The molecule has 0 saturated heterocycles. The Bertz CT molecular complexity index is 537. The molecule has 0 amide bonds. The molecule has 3 heteroatoms. The van der Waals surface area contributed by atoms with Gasteiger partial charge in [-0.2, -0.15) is 0 Å². The van der Waals surface area contributed by atoms with Gasteiger partial charge in [0.25, 0.3) is 0 Å². The van der Waals surface area contributed by atoms with E-state index in [0.717, 1.165) is 41.6 Å². The Balaban J connectivity index is 1.98. The Hall–Kier alpha value is -1.61. The first-order chi connectivity index (χ1) is 9.16. The SMILES string of the molecule is Cc1ccc2cccc(OCCCCC(C)O)c2n1. The van der Waals surface area contributed by atoms with Gasteiger partial charge in [0, 0.05) is 11.1 Å². The number of aliphatic hydroxyl groups is 1. The number of unbranched alkanes of at least 4 members (excludes halogenated alkanes) is 1. The number of fused-ring (bicyclic) bond motifs is 1. The van der Waals surface area contributed by atoms with Crippen molar-refractivity contribution in [3.05, 3.63) is 36.0 Å². The predicted octanol–water partition coefficient (Wildman–Crippen LogP) is 3.47. The maximum atomic E-state index is 9.19. The molecule has 102 valence electrons. The Morgan fingerprint density at radius 3 is 2.84 bits per heavy atom. The minimum atomic E-state index is -0.220. The minimum absolute atomic E-state index is 0.220. The highest BCUT2D eigenvalue weighted by Crippen LogP contribution is 2.24. The maximum Gasteiger partial charge on any atom is 0.145 e. The molecule has 3 nitrogen and oxygen atoms in total. The Labute approximate surface area is 114 Å². The van der Waals surface area contributed by atoms with Gasteiger partial charge in [-0.1, -0.05) is 18.2 Å². The van der Waals surface area contributed by atoms with E-state index in [-0.39, 0.29) is 6.10 Å². The minimum Gasteiger partial charge on any atom is -0.491 e. The van der Waals surface area contributed by atoms with Crippen molar-refractivity contribution < 1.29 is 9.84 Å². The zero-order valence-corrected chi connectivity index (χ0v) is 11.6.